The van der Waals surface area contributed by atoms with E-state index in [-0.39, 0.29) is 34.7 Å². The second-order valence-corrected chi connectivity index (χ2v) is 29.8. The number of nitrogens with one attached hydrogen (secondary N) is 2. The third kappa shape index (κ3) is 14.2. The highest BCUT2D eigenvalue weighted by Crippen LogP contribution is 2.43. The van der Waals surface area contributed by atoms with E-state index in [1.807, 2.05) is 73.6 Å². The quantitative estimate of drug-likeness (QED) is 0.0448. The maximum Gasteiger partial charge on any atom is 0.227 e. The monoisotopic (exact) mass is 991 g/mol. The van der Waals surface area contributed by atoms with Gasteiger partial charge in [0.1, 0.15) is 11.6 Å². The van der Waals surface area contributed by atoms with Gasteiger partial charge in [0, 0.05) is 111 Å². The summed E-state index contributed by atoms with van der Waals surface area (Å²) in [6.45, 7) is 20.1. The first-order valence-electron chi connectivity index (χ1n) is 24.6. The Kier molecular flexibility index (Phi) is 16.5. The van der Waals surface area contributed by atoms with Crippen molar-refractivity contribution in [2.45, 2.75) is 116 Å². The number of hydrogen-bond acceptors (Lipinski definition) is 12. The molecule has 8 rings (SSSR count). The lowest BCUT2D eigenvalue weighted by Gasteiger charge is -2.25. The SMILES string of the molecule is CC1(C)CN(C(=O)CCC[Si](C)(C)O)c2cc(CC(=O)c3cccnc3NCc3ccncc3)ccc21.CC1(C)CN(CC[Si](C)(C)O)c2cc(CC(=O)c3cccnc3NCc3ccncc3)ccc21. The van der Waals surface area contributed by atoms with Crippen molar-refractivity contribution in [3.63, 3.8) is 0 Å². The largest absolute Gasteiger partial charge is 0.432 e. The number of rotatable bonds is 19. The number of nitrogens with zero attached hydrogens (tertiary/aromatic N) is 6. The minimum atomic E-state index is -2.17. The highest BCUT2D eigenvalue weighted by Gasteiger charge is 2.39. The van der Waals surface area contributed by atoms with E-state index in [2.05, 4.69) is 87.4 Å². The van der Waals surface area contributed by atoms with Crippen LogP contribution in [0.5, 0.6) is 0 Å². The van der Waals surface area contributed by atoms with E-state index >= 15 is 0 Å². The molecule has 71 heavy (non-hydrogen) atoms. The molecule has 6 heterocycles. The molecular weight excluding hydrogens is 921 g/mol. The molecule has 0 unspecified atom stereocenters. The minimum absolute atomic E-state index is 0.0319. The smallest absolute Gasteiger partial charge is 0.227 e. The Morgan fingerprint density at radius 3 is 1.55 bits per heavy atom. The molecule has 0 spiro atoms. The molecular formula is C56H70N8O5Si2. The molecule has 0 bridgehead atoms. The lowest BCUT2D eigenvalue weighted by atomic mass is 9.86. The van der Waals surface area contributed by atoms with Crippen molar-refractivity contribution < 1.29 is 24.0 Å². The number of carbonyl (C=O) groups is 3. The van der Waals surface area contributed by atoms with Gasteiger partial charge in [0.25, 0.3) is 0 Å². The standard InChI is InChI=1S/C29H36N4O3Si.C27H34N4O2Si/c1-29(2)20-33(27(35)8-6-16-37(3,4)36)25-17-22(9-10-24(25)29)18-26(34)23-7-5-13-31-28(23)32-19-21-11-14-30-15-12-21;1-27(2)19-31(14-15-34(3,4)33)24-16-21(7-8-23(24)27)17-25(32)22-6-5-11-29-26(22)30-18-20-9-12-28-13-10-20/h5,7,9-15,17,36H,6,8,16,18-20H2,1-4H3,(H,31,32);5-13,16,33H,14-15,17-19H2,1-4H3,(H,29,30). The van der Waals surface area contributed by atoms with Crippen LogP contribution in [0.25, 0.3) is 0 Å². The number of ketones is 2. The molecule has 13 nitrogen and oxygen atoms in total. The number of hydrogen-bond donors (Lipinski definition) is 4. The average Bonchev–Trinajstić information content (AvgIpc) is 3.76. The summed E-state index contributed by atoms with van der Waals surface area (Å²) in [4.78, 5) is 81.4. The van der Waals surface area contributed by atoms with Crippen LogP contribution in [0.4, 0.5) is 23.0 Å². The zero-order chi connectivity index (χ0) is 51.0. The van der Waals surface area contributed by atoms with Gasteiger partial charge in [0.2, 0.25) is 5.91 Å². The zero-order valence-electron chi connectivity index (χ0n) is 42.6. The highest BCUT2D eigenvalue weighted by atomic mass is 28.4. The van der Waals surface area contributed by atoms with Crippen LogP contribution in [-0.4, -0.2) is 83.3 Å². The van der Waals surface area contributed by atoms with Gasteiger partial charge in [-0.2, -0.15) is 0 Å². The summed E-state index contributed by atoms with van der Waals surface area (Å²) in [5.74, 6) is 1.24. The first-order chi connectivity index (χ1) is 33.7. The first kappa shape index (κ1) is 52.4. The minimum Gasteiger partial charge on any atom is -0.432 e. The molecule has 1 amide bonds. The Morgan fingerprint density at radius 2 is 1.06 bits per heavy atom. The van der Waals surface area contributed by atoms with Gasteiger partial charge in [-0.05, 0) is 139 Å². The number of aromatic nitrogens is 4. The lowest BCUT2D eigenvalue weighted by molar-refractivity contribution is -0.118. The van der Waals surface area contributed by atoms with Crippen LogP contribution in [0, 0.1) is 0 Å². The van der Waals surface area contributed by atoms with E-state index in [0.717, 1.165) is 52.6 Å². The van der Waals surface area contributed by atoms with Gasteiger partial charge in [-0.15, -0.1) is 0 Å². The molecule has 0 radical (unpaired) electrons. The van der Waals surface area contributed by atoms with Crippen molar-refractivity contribution in [2.75, 3.05) is 40.1 Å². The van der Waals surface area contributed by atoms with Crippen LogP contribution in [0.2, 0.25) is 38.3 Å². The number of amides is 1. The van der Waals surface area contributed by atoms with Gasteiger partial charge in [-0.3, -0.25) is 24.4 Å². The van der Waals surface area contributed by atoms with E-state index in [0.29, 0.717) is 67.7 Å². The fourth-order valence-electron chi connectivity index (χ4n) is 9.33. The van der Waals surface area contributed by atoms with Gasteiger partial charge in [0.05, 0.1) is 11.1 Å². The normalized spacial score (nSPS) is 14.5. The Morgan fingerprint density at radius 1 is 0.592 bits per heavy atom. The third-order valence-corrected chi connectivity index (χ3v) is 16.2. The van der Waals surface area contributed by atoms with Crippen molar-refractivity contribution in [2.24, 2.45) is 0 Å². The van der Waals surface area contributed by atoms with E-state index < -0.39 is 16.6 Å². The summed E-state index contributed by atoms with van der Waals surface area (Å²) in [6.07, 6.45) is 12.0. The van der Waals surface area contributed by atoms with Crippen molar-refractivity contribution >= 4 is 57.1 Å². The lowest BCUT2D eigenvalue weighted by Crippen LogP contribution is -2.35. The maximum absolute atomic E-state index is 13.3. The van der Waals surface area contributed by atoms with Crippen LogP contribution >= 0.6 is 0 Å². The van der Waals surface area contributed by atoms with Crippen LogP contribution in [0.3, 0.4) is 0 Å². The Bertz CT molecular complexity index is 2810. The number of pyridine rings is 4. The fourth-order valence-corrected chi connectivity index (χ4v) is 11.2. The predicted molar refractivity (Wildman–Crippen MR) is 289 cm³/mol. The van der Waals surface area contributed by atoms with E-state index in [4.69, 9.17) is 0 Å². The summed E-state index contributed by atoms with van der Waals surface area (Å²) in [5, 5.41) is 6.57. The molecule has 4 N–H and O–H groups in total. The van der Waals surface area contributed by atoms with Crippen molar-refractivity contribution in [1.82, 2.24) is 19.9 Å². The number of fused-ring (bicyclic) bond motifs is 2. The Hall–Kier alpha value is -6.40. The number of Topliss-reactive ketones (excluding diaryl/α,β-unsaturated/α-hetero) is 2. The van der Waals surface area contributed by atoms with Crippen LogP contribution in [0.1, 0.15) is 94.6 Å². The van der Waals surface area contributed by atoms with E-state index in [1.165, 1.54) is 11.3 Å². The van der Waals surface area contributed by atoms with Crippen molar-refractivity contribution in [1.29, 1.82) is 0 Å². The van der Waals surface area contributed by atoms with Gasteiger partial charge in [-0.1, -0.05) is 52.0 Å². The molecule has 4 aromatic heterocycles. The second kappa shape index (κ2) is 22.4. The van der Waals surface area contributed by atoms with Crippen LogP contribution < -0.4 is 20.4 Å². The van der Waals surface area contributed by atoms with Gasteiger partial charge in [-0.25, -0.2) is 9.97 Å². The van der Waals surface area contributed by atoms with Crippen LogP contribution in [-0.2, 0) is 41.6 Å². The molecule has 2 aliphatic rings. The van der Waals surface area contributed by atoms with Gasteiger partial charge >= 0.3 is 0 Å². The number of anilines is 4. The summed E-state index contributed by atoms with van der Waals surface area (Å²) in [7, 11) is -4.30. The van der Waals surface area contributed by atoms with E-state index in [9.17, 15) is 24.0 Å². The summed E-state index contributed by atoms with van der Waals surface area (Å²) >= 11 is 0. The Balaban J connectivity index is 0.000000209. The molecule has 15 heteroatoms. The van der Waals surface area contributed by atoms with Crippen LogP contribution in [0.15, 0.2) is 122 Å². The first-order valence-corrected chi connectivity index (χ1v) is 31.0. The molecule has 6 aromatic rings. The molecule has 2 aromatic carbocycles. The van der Waals surface area contributed by atoms with Crippen molar-refractivity contribution in [3.8, 4) is 0 Å². The molecule has 0 aliphatic carbocycles. The zero-order valence-corrected chi connectivity index (χ0v) is 44.6. The summed E-state index contributed by atoms with van der Waals surface area (Å²) in [6, 6.07) is 28.9. The highest BCUT2D eigenvalue weighted by molar-refractivity contribution is 6.70. The predicted octanol–water partition coefficient (Wildman–Crippen LogP) is 9.92. The topological polar surface area (TPSA) is 174 Å². The maximum atomic E-state index is 13.3. The van der Waals surface area contributed by atoms with Gasteiger partial charge < -0.3 is 30.0 Å². The molecule has 2 aliphatic heterocycles. The van der Waals surface area contributed by atoms with Crippen molar-refractivity contribution in [3.05, 3.63) is 167 Å². The van der Waals surface area contributed by atoms with Gasteiger partial charge in [0.15, 0.2) is 28.2 Å². The molecule has 0 fully saturated rings. The molecule has 0 atom stereocenters. The molecule has 0 saturated heterocycles. The average molecular weight is 991 g/mol. The number of carbonyl (C=O) groups excluding carboxylic acids is 3. The fraction of sp³-hybridized carbons (Fsp3) is 0.375. The third-order valence-electron chi connectivity index (χ3n) is 13.2. The molecule has 0 saturated carbocycles. The number of benzene rings is 2. The molecule has 372 valence electrons. The summed E-state index contributed by atoms with van der Waals surface area (Å²) in [5.41, 5.74) is 9.53. The summed E-state index contributed by atoms with van der Waals surface area (Å²) < 4.78 is 0. The second-order valence-electron chi connectivity index (χ2n) is 21.5. The van der Waals surface area contributed by atoms with E-state index in [1.54, 1.807) is 55.4 Å². The Labute approximate surface area is 421 Å².